The minimum absolute atomic E-state index is 0.0597. The molecule has 0 bridgehead atoms. The van der Waals surface area contributed by atoms with Gasteiger partial charge >= 0.3 is 12.3 Å². The van der Waals surface area contributed by atoms with Gasteiger partial charge in [-0.3, -0.25) is 4.79 Å². The summed E-state index contributed by atoms with van der Waals surface area (Å²) in [6.45, 7) is 4.95. The number of sulfonamides is 1. The fraction of sp³-hybridized carbons (Fsp3) is 0.333. The van der Waals surface area contributed by atoms with Crippen molar-refractivity contribution in [3.05, 3.63) is 130 Å². The van der Waals surface area contributed by atoms with Crippen LogP contribution in [0.5, 0.6) is 0 Å². The number of alkyl carbamates (subject to hydrolysis) is 1. The van der Waals surface area contributed by atoms with Crippen LogP contribution in [0.3, 0.4) is 0 Å². The first-order valence-corrected chi connectivity index (χ1v) is 19.8. The van der Waals surface area contributed by atoms with E-state index in [1.54, 1.807) is 79.0 Å². The fourth-order valence-corrected chi connectivity index (χ4v) is 8.95. The lowest BCUT2D eigenvalue weighted by Gasteiger charge is -2.32. The number of hydrogen-bond donors (Lipinski definition) is 3. The summed E-state index contributed by atoms with van der Waals surface area (Å²) in [6.07, 6.45) is -2.64. The summed E-state index contributed by atoms with van der Waals surface area (Å²) >= 11 is 0.616. The van der Waals surface area contributed by atoms with Gasteiger partial charge in [-0.05, 0) is 59.4 Å². The van der Waals surface area contributed by atoms with Gasteiger partial charge in [-0.15, -0.1) is 16.4 Å². The van der Waals surface area contributed by atoms with Crippen molar-refractivity contribution in [3.8, 4) is 5.69 Å². The Morgan fingerprint density at radius 3 is 1.98 bits per heavy atom. The molecule has 2 aromatic heterocycles. The maximum absolute atomic E-state index is 15.0. The molecular weight excluding hydrogens is 770 g/mol. The highest BCUT2D eigenvalue weighted by atomic mass is 32.2. The number of hydrogen-bond acceptors (Lipinski definition) is 9. The summed E-state index contributed by atoms with van der Waals surface area (Å²) in [5.74, 6) is -2.07. The molecule has 3 N–H and O–H groups in total. The van der Waals surface area contributed by atoms with Crippen LogP contribution in [0.25, 0.3) is 5.69 Å². The molecule has 0 unspecified atom stereocenters. The number of aliphatic hydroxyl groups excluding tert-OH is 1. The van der Waals surface area contributed by atoms with E-state index in [0.717, 1.165) is 17.5 Å². The largest absolute Gasteiger partial charge is 0.453 e. The van der Waals surface area contributed by atoms with Crippen molar-refractivity contribution in [2.45, 2.75) is 62.3 Å². The van der Waals surface area contributed by atoms with Gasteiger partial charge in [0.2, 0.25) is 15.9 Å². The molecule has 0 fully saturated rings. The molecule has 0 aliphatic carbocycles. The minimum Gasteiger partial charge on any atom is -0.453 e. The number of carbonyl (C=O) groups excluding carboxylic acids is 2. The molecule has 17 heteroatoms. The summed E-state index contributed by atoms with van der Waals surface area (Å²) in [4.78, 5) is 26.3. The van der Waals surface area contributed by atoms with Crippen LogP contribution in [-0.2, 0) is 19.6 Å². The Morgan fingerprint density at radius 2 is 1.48 bits per heavy atom. The van der Waals surface area contributed by atoms with Gasteiger partial charge in [0.1, 0.15) is 6.04 Å². The number of nitrogens with zero attached hydrogens (tertiary/aromatic N) is 4. The monoisotopic (exact) mass is 812 g/mol. The van der Waals surface area contributed by atoms with E-state index in [-0.39, 0.29) is 26.6 Å². The Hall–Kier alpha value is -5.10. The molecule has 56 heavy (non-hydrogen) atoms. The first kappa shape index (κ1) is 42.1. The van der Waals surface area contributed by atoms with Gasteiger partial charge in [-0.1, -0.05) is 86.6 Å². The molecular formula is C39H43F3N6O6S2. The zero-order chi connectivity index (χ0) is 40.7. The smallest absolute Gasteiger partial charge is 0.413 e. The lowest BCUT2D eigenvalue weighted by atomic mass is 9.84. The fourth-order valence-electron chi connectivity index (χ4n) is 6.10. The number of rotatable bonds is 15. The van der Waals surface area contributed by atoms with E-state index < -0.39 is 58.9 Å². The first-order chi connectivity index (χ1) is 26.5. The predicted molar refractivity (Wildman–Crippen MR) is 204 cm³/mol. The highest BCUT2D eigenvalue weighted by Gasteiger charge is 2.46. The number of halogens is 3. The Bertz CT molecular complexity index is 2110. The standard InChI is InChI=1S/C39H43F3N6O6S2/c1-38(2,3)21-23-48(56(52,53)29-17-15-28(16-18-29)47-24-22-43-46-47)30(25-49)31-19-20-32(55-31)35(39(40,41)42)45-36(50)34(44-37(51)54-4)33(26-11-7-5-8-12-26)27-13-9-6-10-14-27/h5-20,22,24,30,33-35,49H,21,23,25H2,1-4H3,(H,44,51)(H,45,50)/t30-,34+,35-/m1/s1. The van der Waals surface area contributed by atoms with E-state index in [1.165, 1.54) is 29.1 Å². The van der Waals surface area contributed by atoms with E-state index in [9.17, 15) is 36.3 Å². The van der Waals surface area contributed by atoms with Crippen LogP contribution in [-0.4, -0.2) is 77.3 Å². The summed E-state index contributed by atoms with van der Waals surface area (Å²) in [5.41, 5.74) is 1.30. The third kappa shape index (κ3) is 10.2. The van der Waals surface area contributed by atoms with Crippen LogP contribution in [0.4, 0.5) is 18.0 Å². The van der Waals surface area contributed by atoms with E-state index >= 15 is 0 Å². The molecule has 5 aromatic rings. The third-order valence-corrected chi connectivity index (χ3v) is 12.2. The molecule has 0 aliphatic rings. The lowest BCUT2D eigenvalue weighted by molar-refractivity contribution is -0.163. The number of aromatic nitrogens is 3. The number of aliphatic hydroxyl groups is 1. The van der Waals surface area contributed by atoms with Crippen molar-refractivity contribution in [1.29, 1.82) is 0 Å². The highest BCUT2D eigenvalue weighted by Crippen LogP contribution is 2.41. The van der Waals surface area contributed by atoms with Crippen LogP contribution in [0.15, 0.2) is 114 Å². The number of thiophene rings is 1. The van der Waals surface area contributed by atoms with Gasteiger partial charge in [-0.2, -0.15) is 17.5 Å². The topological polar surface area (TPSA) is 156 Å². The maximum Gasteiger partial charge on any atom is 0.413 e. The van der Waals surface area contributed by atoms with Crippen LogP contribution in [0.2, 0.25) is 0 Å². The first-order valence-electron chi connectivity index (χ1n) is 17.5. The van der Waals surface area contributed by atoms with E-state index in [0.29, 0.717) is 34.6 Å². The average molecular weight is 813 g/mol. The molecule has 0 spiro atoms. The molecule has 3 atom stereocenters. The molecule has 0 saturated carbocycles. The summed E-state index contributed by atoms with van der Waals surface area (Å²) in [6, 6.07) is 20.0. The van der Waals surface area contributed by atoms with E-state index in [4.69, 9.17) is 4.74 Å². The SMILES string of the molecule is COC(=O)N[C@H](C(=O)N[C@H](c1ccc([C@@H](CO)N(CCC(C)(C)C)S(=O)(=O)c2ccc(-n3ccnn3)cc2)s1)C(F)(F)F)C(c1ccccc1)c1ccccc1. The molecule has 3 aromatic carbocycles. The van der Waals surface area contributed by atoms with Crippen LogP contribution < -0.4 is 10.6 Å². The van der Waals surface area contributed by atoms with Gasteiger partial charge in [0.15, 0.2) is 6.04 Å². The van der Waals surface area contributed by atoms with Crippen LogP contribution >= 0.6 is 11.3 Å². The van der Waals surface area contributed by atoms with Crippen LogP contribution in [0.1, 0.15) is 66.1 Å². The van der Waals surface area contributed by atoms with Crippen molar-refractivity contribution in [1.82, 2.24) is 29.9 Å². The molecule has 2 amide bonds. The number of nitrogens with one attached hydrogen (secondary N) is 2. The number of alkyl halides is 3. The number of amides is 2. The van der Waals surface area contributed by atoms with Gasteiger partial charge in [0.05, 0.1) is 42.7 Å². The second-order valence-electron chi connectivity index (χ2n) is 14.1. The normalized spacial score (nSPS) is 14.0. The third-order valence-electron chi connectivity index (χ3n) is 9.00. The maximum atomic E-state index is 15.0. The Labute approximate surface area is 327 Å². The zero-order valence-electron chi connectivity index (χ0n) is 31.1. The number of benzene rings is 3. The number of methoxy groups -OCH3 is 1. The molecule has 0 radical (unpaired) electrons. The molecule has 5 rings (SSSR count). The molecule has 0 aliphatic heterocycles. The van der Waals surface area contributed by atoms with Gasteiger partial charge < -0.3 is 20.5 Å². The van der Waals surface area contributed by atoms with E-state index in [1.807, 2.05) is 20.8 Å². The minimum atomic E-state index is -5.03. The second-order valence-corrected chi connectivity index (χ2v) is 17.1. The number of carbonyl (C=O) groups is 2. The summed E-state index contributed by atoms with van der Waals surface area (Å²) < 4.78 is 80.7. The Kier molecular flexibility index (Phi) is 13.4. The van der Waals surface area contributed by atoms with E-state index in [2.05, 4.69) is 20.9 Å². The van der Waals surface area contributed by atoms with Crippen molar-refractivity contribution < 1.29 is 41.0 Å². The Morgan fingerprint density at radius 1 is 0.893 bits per heavy atom. The molecule has 298 valence electrons. The predicted octanol–water partition coefficient (Wildman–Crippen LogP) is 6.77. The number of ether oxygens (including phenoxy) is 1. The van der Waals surface area contributed by atoms with Gasteiger partial charge in [-0.25, -0.2) is 17.9 Å². The molecule has 12 nitrogen and oxygen atoms in total. The second kappa shape index (κ2) is 17.8. The lowest BCUT2D eigenvalue weighted by Crippen LogP contribution is -2.52. The average Bonchev–Trinajstić information content (AvgIpc) is 3.89. The highest BCUT2D eigenvalue weighted by molar-refractivity contribution is 7.89. The van der Waals surface area contributed by atoms with Gasteiger partial charge in [0, 0.05) is 22.2 Å². The van der Waals surface area contributed by atoms with Crippen molar-refractivity contribution >= 4 is 33.4 Å². The quantitative estimate of drug-likeness (QED) is 0.105. The molecule has 2 heterocycles. The van der Waals surface area contributed by atoms with Crippen molar-refractivity contribution in [2.24, 2.45) is 5.41 Å². The van der Waals surface area contributed by atoms with Crippen molar-refractivity contribution in [3.63, 3.8) is 0 Å². The Balaban J connectivity index is 1.50. The summed E-state index contributed by atoms with van der Waals surface area (Å²) in [5, 5.41) is 22.9. The van der Waals surface area contributed by atoms with Gasteiger partial charge in [0.25, 0.3) is 0 Å². The molecule has 0 saturated heterocycles. The zero-order valence-corrected chi connectivity index (χ0v) is 32.7. The van der Waals surface area contributed by atoms with Crippen molar-refractivity contribution in [2.75, 3.05) is 20.3 Å². The van der Waals surface area contributed by atoms with Crippen LogP contribution in [0, 0.1) is 5.41 Å². The summed E-state index contributed by atoms with van der Waals surface area (Å²) in [7, 11) is -3.25.